The molecule has 65 heavy (non-hydrogen) atoms. The fraction of sp³-hybridized carbons (Fsp3) is 0.569. The van der Waals surface area contributed by atoms with E-state index in [9.17, 15) is 24.3 Å². The van der Waals surface area contributed by atoms with Crippen molar-refractivity contribution in [3.63, 3.8) is 0 Å². The molecule has 1 N–H and O–H groups in total. The van der Waals surface area contributed by atoms with Crippen LogP contribution in [-0.2, 0) is 79.1 Å². The first kappa shape index (κ1) is 52.4. The van der Waals surface area contributed by atoms with Crippen molar-refractivity contribution in [3.8, 4) is 17.2 Å². The third-order valence-electron chi connectivity index (χ3n) is 11.6. The van der Waals surface area contributed by atoms with E-state index >= 15 is 0 Å². The van der Waals surface area contributed by atoms with Crippen molar-refractivity contribution in [2.75, 3.05) is 59.1 Å². The Morgan fingerprint density at radius 3 is 0.892 bits per heavy atom. The van der Waals surface area contributed by atoms with Crippen LogP contribution < -0.4 is 14.2 Å². The normalized spacial score (nSPS) is 13.5. The Morgan fingerprint density at radius 2 is 0.692 bits per heavy atom. The van der Waals surface area contributed by atoms with Crippen LogP contribution in [0, 0.1) is 0 Å². The summed E-state index contributed by atoms with van der Waals surface area (Å²) in [5.41, 5.74) is 4.87. The second-order valence-electron chi connectivity index (χ2n) is 18.2. The molecule has 0 radical (unpaired) electrons. The maximum absolute atomic E-state index is 13.4. The van der Waals surface area contributed by atoms with Gasteiger partial charge in [-0.3, -0.25) is 14.4 Å². The first-order valence-electron chi connectivity index (χ1n) is 23.0. The Labute approximate surface area is 386 Å². The molecule has 0 unspecified atom stereocenters. The van der Waals surface area contributed by atoms with E-state index in [2.05, 4.69) is 41.5 Å². The van der Waals surface area contributed by atoms with Crippen molar-refractivity contribution < 1.29 is 52.7 Å². The molecule has 3 amide bonds. The third-order valence-corrected chi connectivity index (χ3v) is 11.6. The SMILES string of the molecule is CCN(CC)C(=O)COc1c2cc(C(=O)O)cc1COCc1cc(C(C)(C)C)cc(c1OCC(=O)N(CC)CC)COCc1cc(C(C)(C)C)cc(c1OCC(=O)N(CC)CC)COC2. The zero-order valence-electron chi connectivity index (χ0n) is 40.9. The number of benzene rings is 3. The molecule has 0 saturated carbocycles. The highest BCUT2D eigenvalue weighted by molar-refractivity contribution is 5.88. The molecule has 0 spiro atoms. The number of rotatable bonds is 16. The van der Waals surface area contributed by atoms with E-state index in [1.807, 2.05) is 65.8 Å². The van der Waals surface area contributed by atoms with E-state index in [4.69, 9.17) is 28.4 Å². The second kappa shape index (κ2) is 23.8. The molecule has 0 atom stereocenters. The highest BCUT2D eigenvalue weighted by Crippen LogP contribution is 2.37. The largest absolute Gasteiger partial charge is 0.483 e. The van der Waals surface area contributed by atoms with Gasteiger partial charge in [0.1, 0.15) is 17.2 Å². The highest BCUT2D eigenvalue weighted by Gasteiger charge is 2.26. The van der Waals surface area contributed by atoms with E-state index in [1.54, 1.807) is 14.7 Å². The molecule has 14 heteroatoms. The first-order chi connectivity index (χ1) is 30.8. The Hall–Kier alpha value is -5.18. The Kier molecular flexibility index (Phi) is 19.2. The summed E-state index contributed by atoms with van der Waals surface area (Å²) in [4.78, 5) is 57.8. The number of hydrogen-bond donors (Lipinski definition) is 1. The summed E-state index contributed by atoms with van der Waals surface area (Å²) in [6.07, 6.45) is 0. The number of fused-ring (bicyclic) bond motifs is 6. The van der Waals surface area contributed by atoms with Crippen LogP contribution in [0.15, 0.2) is 36.4 Å². The predicted molar refractivity (Wildman–Crippen MR) is 249 cm³/mol. The lowest BCUT2D eigenvalue weighted by Gasteiger charge is -2.26. The van der Waals surface area contributed by atoms with Gasteiger partial charge in [0.15, 0.2) is 19.8 Å². The van der Waals surface area contributed by atoms with Crippen molar-refractivity contribution in [1.29, 1.82) is 0 Å². The molecule has 0 fully saturated rings. The number of likely N-dealkylation sites (N-methyl/N-ethyl adjacent to an activating group) is 3. The number of carbonyl (C=O) groups excluding carboxylic acids is 3. The topological polar surface area (TPSA) is 154 Å². The Bertz CT molecular complexity index is 1980. The van der Waals surface area contributed by atoms with Gasteiger partial charge in [0.25, 0.3) is 17.7 Å². The number of carbonyl (C=O) groups is 4. The molecule has 4 rings (SSSR count). The van der Waals surface area contributed by atoms with Crippen LogP contribution in [0.1, 0.15) is 138 Å². The monoisotopic (exact) mass is 904 g/mol. The number of hydrogen-bond acceptors (Lipinski definition) is 10. The summed E-state index contributed by atoms with van der Waals surface area (Å²) in [6, 6.07) is 11.1. The molecule has 6 bridgehead atoms. The van der Waals surface area contributed by atoms with E-state index in [-0.39, 0.29) is 99.3 Å². The predicted octanol–water partition coefficient (Wildman–Crippen LogP) is 8.19. The van der Waals surface area contributed by atoms with Crippen LogP contribution >= 0.6 is 0 Å². The number of aromatic carboxylic acids is 1. The Balaban J connectivity index is 1.98. The van der Waals surface area contributed by atoms with Gasteiger partial charge in [-0.15, -0.1) is 0 Å². The quantitative estimate of drug-likeness (QED) is 0.148. The smallest absolute Gasteiger partial charge is 0.335 e. The van der Waals surface area contributed by atoms with E-state index in [1.165, 1.54) is 12.1 Å². The van der Waals surface area contributed by atoms with Crippen LogP contribution in [-0.4, -0.2) is 103 Å². The Morgan fingerprint density at radius 1 is 0.462 bits per heavy atom. The lowest BCUT2D eigenvalue weighted by Crippen LogP contribution is -2.34. The van der Waals surface area contributed by atoms with Gasteiger partial charge in [-0.1, -0.05) is 41.5 Å². The van der Waals surface area contributed by atoms with Crippen molar-refractivity contribution in [2.45, 2.75) is 134 Å². The van der Waals surface area contributed by atoms with Crippen LogP contribution in [0.2, 0.25) is 0 Å². The second-order valence-corrected chi connectivity index (χ2v) is 18.2. The van der Waals surface area contributed by atoms with Gasteiger partial charge in [-0.2, -0.15) is 0 Å². The van der Waals surface area contributed by atoms with Crippen LogP contribution in [0.3, 0.4) is 0 Å². The molecule has 3 aromatic carbocycles. The van der Waals surface area contributed by atoms with Crippen molar-refractivity contribution in [3.05, 3.63) is 86.5 Å². The number of ether oxygens (including phenoxy) is 6. The average molecular weight is 904 g/mol. The number of carboxylic acids is 1. The molecule has 358 valence electrons. The molecular formula is C51H73N3O11. The molecule has 3 aromatic rings. The summed E-state index contributed by atoms with van der Waals surface area (Å²) >= 11 is 0. The van der Waals surface area contributed by atoms with Gasteiger partial charge in [0.2, 0.25) is 0 Å². The lowest BCUT2D eigenvalue weighted by atomic mass is 9.84. The molecule has 1 heterocycles. The molecule has 0 aliphatic carbocycles. The van der Waals surface area contributed by atoms with E-state index in [0.717, 1.165) is 11.1 Å². The minimum atomic E-state index is -1.16. The van der Waals surface area contributed by atoms with Crippen LogP contribution in [0.5, 0.6) is 17.2 Å². The van der Waals surface area contributed by atoms with Gasteiger partial charge >= 0.3 is 5.97 Å². The van der Waals surface area contributed by atoms with Crippen molar-refractivity contribution in [1.82, 2.24) is 14.7 Å². The fourth-order valence-electron chi connectivity index (χ4n) is 7.67. The summed E-state index contributed by atoms with van der Waals surface area (Å²) in [7, 11) is 0. The minimum absolute atomic E-state index is 0.0110. The molecule has 1 aliphatic heterocycles. The summed E-state index contributed by atoms with van der Waals surface area (Å²) in [6.45, 7) is 26.5. The minimum Gasteiger partial charge on any atom is -0.483 e. The summed E-state index contributed by atoms with van der Waals surface area (Å²) < 4.78 is 38.7. The molecular weight excluding hydrogens is 831 g/mol. The molecule has 14 nitrogen and oxygen atoms in total. The maximum atomic E-state index is 13.4. The third kappa shape index (κ3) is 14.2. The first-order valence-corrected chi connectivity index (χ1v) is 23.0. The molecule has 0 saturated heterocycles. The van der Waals surface area contributed by atoms with Crippen LogP contribution in [0.4, 0.5) is 0 Å². The van der Waals surface area contributed by atoms with Gasteiger partial charge in [-0.05, 0) is 99.9 Å². The average Bonchev–Trinajstić information content (AvgIpc) is 3.25. The van der Waals surface area contributed by atoms with Gasteiger partial charge in [0.05, 0.1) is 45.2 Å². The molecule has 0 aromatic heterocycles. The molecule has 1 aliphatic rings. The highest BCUT2D eigenvalue weighted by atomic mass is 16.5. The van der Waals surface area contributed by atoms with Crippen LogP contribution in [0.25, 0.3) is 0 Å². The standard InChI is InChI=1S/C51H73N3O11/c1-13-52(14-2)43(55)31-63-46-35-19-34(49(58)59)20-36(46)26-61-28-38-22-42(51(10,11)12)24-40(48(38)65-33-45(57)54(17-5)18-6)30-62-29-39-23-41(50(7,8)9)21-37(27-60-25-35)47(39)64-32-44(56)53(15-3)16-4/h19-24H,13-18,25-33H2,1-12H3,(H,58,59). The lowest BCUT2D eigenvalue weighted by molar-refractivity contribution is -0.133. The van der Waals surface area contributed by atoms with E-state index in [0.29, 0.717) is 84.1 Å². The summed E-state index contributed by atoms with van der Waals surface area (Å²) in [5, 5.41) is 10.3. The van der Waals surface area contributed by atoms with Gasteiger partial charge in [0, 0.05) is 72.6 Å². The van der Waals surface area contributed by atoms with Crippen molar-refractivity contribution in [2.24, 2.45) is 0 Å². The number of nitrogens with zero attached hydrogens (tertiary/aromatic N) is 3. The van der Waals surface area contributed by atoms with E-state index < -0.39 is 5.97 Å². The summed E-state index contributed by atoms with van der Waals surface area (Å²) in [5.74, 6) is -0.561. The fourth-order valence-corrected chi connectivity index (χ4v) is 7.67. The maximum Gasteiger partial charge on any atom is 0.335 e. The zero-order valence-corrected chi connectivity index (χ0v) is 40.9. The number of amides is 3. The number of carboxylic acid groups (broad SMARTS) is 1. The van der Waals surface area contributed by atoms with Crippen molar-refractivity contribution >= 4 is 23.7 Å². The van der Waals surface area contributed by atoms with Gasteiger partial charge in [-0.25, -0.2) is 4.79 Å². The van der Waals surface area contributed by atoms with Gasteiger partial charge < -0.3 is 48.2 Å². The zero-order chi connectivity index (χ0) is 48.1.